The highest BCUT2D eigenvalue weighted by Crippen LogP contribution is 2.15. The first kappa shape index (κ1) is 10.4. The largest absolute Gasteiger partial charge is 0.378 e. The highest BCUT2D eigenvalue weighted by molar-refractivity contribution is 7.13. The maximum absolute atomic E-state index is 11.7. The lowest BCUT2D eigenvalue weighted by atomic mass is 10.4. The van der Waals surface area contributed by atoms with Crippen LogP contribution in [0.15, 0.2) is 5.38 Å². The molecule has 1 N–H and O–H groups in total. The number of hydrogen-bond donors (Lipinski definition) is 1. The number of morpholine rings is 1. The predicted octanol–water partition coefficient (Wildman–Crippen LogP) is 1.32. The van der Waals surface area contributed by atoms with Crippen LogP contribution in [0.5, 0.6) is 0 Å². The number of thiazole rings is 1. The Kier molecular flexibility index (Phi) is 3.17. The molecular formula is C9H13N3O2S. The van der Waals surface area contributed by atoms with Crippen LogP contribution in [0.2, 0.25) is 0 Å². The first-order valence-electron chi connectivity index (χ1n) is 4.81. The third kappa shape index (κ3) is 2.66. The van der Waals surface area contributed by atoms with Crippen molar-refractivity contribution in [2.45, 2.75) is 6.92 Å². The van der Waals surface area contributed by atoms with Crippen LogP contribution in [0.4, 0.5) is 9.93 Å². The Morgan fingerprint density at radius 1 is 1.60 bits per heavy atom. The lowest BCUT2D eigenvalue weighted by Gasteiger charge is -2.26. The van der Waals surface area contributed by atoms with Crippen molar-refractivity contribution in [2.24, 2.45) is 0 Å². The van der Waals surface area contributed by atoms with Crippen molar-refractivity contribution in [1.29, 1.82) is 0 Å². The Morgan fingerprint density at radius 2 is 2.33 bits per heavy atom. The summed E-state index contributed by atoms with van der Waals surface area (Å²) in [6.07, 6.45) is 0. The van der Waals surface area contributed by atoms with Gasteiger partial charge in [-0.1, -0.05) is 0 Å². The molecule has 1 aromatic heterocycles. The number of rotatable bonds is 1. The van der Waals surface area contributed by atoms with E-state index in [1.165, 1.54) is 11.3 Å². The molecule has 0 spiro atoms. The maximum Gasteiger partial charge on any atom is 0.323 e. The quantitative estimate of drug-likeness (QED) is 0.787. The molecule has 2 rings (SSSR count). The van der Waals surface area contributed by atoms with Crippen molar-refractivity contribution >= 4 is 22.5 Å². The molecule has 0 atom stereocenters. The third-order valence-corrected chi connectivity index (χ3v) is 3.01. The second-order valence-electron chi connectivity index (χ2n) is 3.32. The Balaban J connectivity index is 1.91. The van der Waals surface area contributed by atoms with Crippen molar-refractivity contribution in [3.63, 3.8) is 0 Å². The summed E-state index contributed by atoms with van der Waals surface area (Å²) in [5.74, 6) is 0. The fourth-order valence-electron chi connectivity index (χ4n) is 1.35. The zero-order chi connectivity index (χ0) is 10.7. The van der Waals surface area contributed by atoms with Crippen LogP contribution in [0.1, 0.15) is 5.69 Å². The summed E-state index contributed by atoms with van der Waals surface area (Å²) in [7, 11) is 0. The Morgan fingerprint density at radius 3 is 2.93 bits per heavy atom. The molecule has 0 bridgehead atoms. The van der Waals surface area contributed by atoms with E-state index in [0.29, 0.717) is 31.4 Å². The number of nitrogens with zero attached hydrogens (tertiary/aromatic N) is 2. The van der Waals surface area contributed by atoms with E-state index in [-0.39, 0.29) is 6.03 Å². The van der Waals surface area contributed by atoms with Crippen LogP contribution in [-0.4, -0.2) is 42.2 Å². The van der Waals surface area contributed by atoms with Crippen LogP contribution < -0.4 is 5.32 Å². The average molecular weight is 227 g/mol. The number of ether oxygens (including phenoxy) is 1. The molecule has 0 saturated carbocycles. The summed E-state index contributed by atoms with van der Waals surface area (Å²) in [5, 5.41) is 5.34. The maximum atomic E-state index is 11.7. The van der Waals surface area contributed by atoms with Gasteiger partial charge in [-0.25, -0.2) is 9.78 Å². The van der Waals surface area contributed by atoms with Gasteiger partial charge in [0.25, 0.3) is 0 Å². The molecule has 1 saturated heterocycles. The van der Waals surface area contributed by atoms with Crippen LogP contribution in [-0.2, 0) is 4.74 Å². The van der Waals surface area contributed by atoms with Gasteiger partial charge in [-0.2, -0.15) is 0 Å². The standard InChI is InChI=1S/C9H13N3O2S/c1-7-6-15-8(10-7)11-9(13)12-2-4-14-5-3-12/h6H,2-5H2,1H3,(H,10,11,13). The fourth-order valence-corrected chi connectivity index (χ4v) is 2.03. The monoisotopic (exact) mass is 227 g/mol. The van der Waals surface area contributed by atoms with Gasteiger partial charge in [-0.3, -0.25) is 5.32 Å². The summed E-state index contributed by atoms with van der Waals surface area (Å²) in [4.78, 5) is 17.6. The summed E-state index contributed by atoms with van der Waals surface area (Å²) in [5.41, 5.74) is 0.928. The molecule has 0 radical (unpaired) electrons. The average Bonchev–Trinajstić information content (AvgIpc) is 2.65. The number of carbonyl (C=O) groups is 1. The van der Waals surface area contributed by atoms with Crippen molar-refractivity contribution in [1.82, 2.24) is 9.88 Å². The Labute approximate surface area is 92.1 Å². The molecule has 0 aromatic carbocycles. The molecule has 6 heteroatoms. The van der Waals surface area contributed by atoms with Gasteiger partial charge in [0.1, 0.15) is 0 Å². The third-order valence-electron chi connectivity index (χ3n) is 2.13. The van der Waals surface area contributed by atoms with Crippen molar-refractivity contribution in [2.75, 3.05) is 31.6 Å². The van der Waals surface area contributed by atoms with Gasteiger partial charge in [0, 0.05) is 18.5 Å². The van der Waals surface area contributed by atoms with Gasteiger partial charge in [0.05, 0.1) is 18.9 Å². The predicted molar refractivity (Wildman–Crippen MR) is 58.3 cm³/mol. The van der Waals surface area contributed by atoms with Gasteiger partial charge in [0.2, 0.25) is 0 Å². The minimum Gasteiger partial charge on any atom is -0.378 e. The smallest absolute Gasteiger partial charge is 0.323 e. The normalized spacial score (nSPS) is 16.5. The second kappa shape index (κ2) is 4.59. The first-order chi connectivity index (χ1) is 7.25. The van der Waals surface area contributed by atoms with E-state index in [0.717, 1.165) is 5.69 Å². The number of amides is 2. The van der Waals surface area contributed by atoms with Crippen LogP contribution in [0.25, 0.3) is 0 Å². The molecule has 0 aliphatic carbocycles. The lowest BCUT2D eigenvalue weighted by molar-refractivity contribution is 0.0564. The minimum absolute atomic E-state index is 0.0901. The van der Waals surface area contributed by atoms with Crippen molar-refractivity contribution in [3.05, 3.63) is 11.1 Å². The minimum atomic E-state index is -0.0901. The number of aryl methyl sites for hydroxylation is 1. The molecule has 82 valence electrons. The number of carbonyl (C=O) groups excluding carboxylic acids is 1. The molecular weight excluding hydrogens is 214 g/mol. The molecule has 1 aliphatic rings. The van der Waals surface area contributed by atoms with Gasteiger partial charge < -0.3 is 9.64 Å². The molecule has 1 aliphatic heterocycles. The number of nitrogens with one attached hydrogen (secondary N) is 1. The molecule has 15 heavy (non-hydrogen) atoms. The van der Waals surface area contributed by atoms with E-state index < -0.39 is 0 Å². The summed E-state index contributed by atoms with van der Waals surface area (Å²) in [6, 6.07) is -0.0901. The number of hydrogen-bond acceptors (Lipinski definition) is 4. The van der Waals surface area contributed by atoms with Crippen molar-refractivity contribution in [3.8, 4) is 0 Å². The van der Waals surface area contributed by atoms with Gasteiger partial charge >= 0.3 is 6.03 Å². The molecule has 0 unspecified atom stereocenters. The van der Waals surface area contributed by atoms with E-state index in [2.05, 4.69) is 10.3 Å². The molecule has 1 fully saturated rings. The van der Waals surface area contributed by atoms with E-state index in [1.807, 2.05) is 12.3 Å². The van der Waals surface area contributed by atoms with E-state index in [9.17, 15) is 4.79 Å². The highest BCUT2D eigenvalue weighted by Gasteiger charge is 2.17. The van der Waals surface area contributed by atoms with E-state index in [1.54, 1.807) is 4.90 Å². The topological polar surface area (TPSA) is 54.5 Å². The van der Waals surface area contributed by atoms with Crippen LogP contribution >= 0.6 is 11.3 Å². The molecule has 1 aromatic rings. The summed E-state index contributed by atoms with van der Waals surface area (Å²) in [6.45, 7) is 4.43. The zero-order valence-electron chi connectivity index (χ0n) is 8.52. The summed E-state index contributed by atoms with van der Waals surface area (Å²) >= 11 is 1.44. The molecule has 5 nitrogen and oxygen atoms in total. The lowest BCUT2D eigenvalue weighted by Crippen LogP contribution is -2.43. The SMILES string of the molecule is Cc1csc(NC(=O)N2CCOCC2)n1. The molecule has 2 heterocycles. The van der Waals surface area contributed by atoms with Gasteiger partial charge in [0.15, 0.2) is 5.13 Å². The zero-order valence-corrected chi connectivity index (χ0v) is 9.34. The molecule has 2 amide bonds. The van der Waals surface area contributed by atoms with Crippen LogP contribution in [0.3, 0.4) is 0 Å². The van der Waals surface area contributed by atoms with Crippen LogP contribution in [0, 0.1) is 6.92 Å². The Bertz CT molecular complexity index is 347. The van der Waals surface area contributed by atoms with Gasteiger partial charge in [-0.15, -0.1) is 11.3 Å². The fraction of sp³-hybridized carbons (Fsp3) is 0.556. The number of aromatic nitrogens is 1. The van der Waals surface area contributed by atoms with E-state index >= 15 is 0 Å². The summed E-state index contributed by atoms with van der Waals surface area (Å²) < 4.78 is 5.17. The van der Waals surface area contributed by atoms with E-state index in [4.69, 9.17) is 4.74 Å². The number of anilines is 1. The van der Waals surface area contributed by atoms with Crippen molar-refractivity contribution < 1.29 is 9.53 Å². The van der Waals surface area contributed by atoms with Gasteiger partial charge in [-0.05, 0) is 6.92 Å². The highest BCUT2D eigenvalue weighted by atomic mass is 32.1. The Hall–Kier alpha value is -1.14. The number of urea groups is 1. The second-order valence-corrected chi connectivity index (χ2v) is 4.18. The first-order valence-corrected chi connectivity index (χ1v) is 5.69.